The van der Waals surface area contributed by atoms with Gasteiger partial charge in [-0.25, -0.2) is 0 Å². The number of hydrogen-bond acceptors (Lipinski definition) is 5. The molecule has 1 amide bonds. The molecule has 0 saturated heterocycles. The second-order valence-electron chi connectivity index (χ2n) is 5.59. The van der Waals surface area contributed by atoms with Crippen molar-refractivity contribution in [3.05, 3.63) is 33.9 Å². The molecule has 7 nitrogen and oxygen atoms in total. The Labute approximate surface area is 122 Å². The standard InChI is InChI=1S/C14H19N3O4/c1-16(2)14(7-4-8-14)9-15-13(19)10-5-3-6-11(12(10)18)17(20)21/h3,5-6,18H,4,7-9H2,1-2H3,(H,15,19). The molecule has 2 N–H and O–H groups in total. The Kier molecular flexibility index (Phi) is 4.13. The number of nitrogens with zero attached hydrogens (tertiary/aromatic N) is 2. The number of rotatable bonds is 5. The van der Waals surface area contributed by atoms with Gasteiger partial charge in [-0.15, -0.1) is 0 Å². The molecular weight excluding hydrogens is 274 g/mol. The molecule has 0 aliphatic heterocycles. The number of nitro benzene ring substituents is 1. The van der Waals surface area contributed by atoms with E-state index in [-0.39, 0.29) is 11.1 Å². The van der Waals surface area contributed by atoms with Crippen LogP contribution in [-0.4, -0.2) is 47.0 Å². The molecule has 0 heterocycles. The van der Waals surface area contributed by atoms with Gasteiger partial charge < -0.3 is 15.3 Å². The topological polar surface area (TPSA) is 95.7 Å². The van der Waals surface area contributed by atoms with E-state index in [1.165, 1.54) is 18.2 Å². The van der Waals surface area contributed by atoms with Gasteiger partial charge in [0.05, 0.1) is 10.5 Å². The van der Waals surface area contributed by atoms with E-state index in [0.717, 1.165) is 19.3 Å². The predicted octanol–water partition coefficient (Wildman–Crippen LogP) is 1.51. The fraction of sp³-hybridized carbons (Fsp3) is 0.500. The minimum absolute atomic E-state index is 0.0496. The van der Waals surface area contributed by atoms with Gasteiger partial charge in [0.2, 0.25) is 5.75 Å². The van der Waals surface area contributed by atoms with Gasteiger partial charge in [-0.3, -0.25) is 14.9 Å². The molecular formula is C14H19N3O4. The lowest BCUT2D eigenvalue weighted by molar-refractivity contribution is -0.385. The second kappa shape index (κ2) is 5.69. The third-order valence-electron chi connectivity index (χ3n) is 4.27. The first-order chi connectivity index (χ1) is 9.87. The van der Waals surface area contributed by atoms with Gasteiger partial charge in [0.1, 0.15) is 0 Å². The first kappa shape index (κ1) is 15.2. The summed E-state index contributed by atoms with van der Waals surface area (Å²) in [5.74, 6) is -1.09. The number of phenols is 1. The number of para-hydroxylation sites is 1. The zero-order valence-corrected chi connectivity index (χ0v) is 12.1. The van der Waals surface area contributed by atoms with Gasteiger partial charge in [-0.1, -0.05) is 6.07 Å². The SMILES string of the molecule is CN(C)C1(CNC(=O)c2cccc([N+](=O)[O-])c2O)CCC1. The van der Waals surface area contributed by atoms with Crippen molar-refractivity contribution in [2.45, 2.75) is 24.8 Å². The normalized spacial score (nSPS) is 16.3. The highest BCUT2D eigenvalue weighted by atomic mass is 16.6. The molecule has 0 spiro atoms. The van der Waals surface area contributed by atoms with Crippen LogP contribution in [0.4, 0.5) is 5.69 Å². The van der Waals surface area contributed by atoms with Crippen molar-refractivity contribution in [2.75, 3.05) is 20.6 Å². The van der Waals surface area contributed by atoms with Crippen LogP contribution in [0.25, 0.3) is 0 Å². The predicted molar refractivity (Wildman–Crippen MR) is 77.4 cm³/mol. The van der Waals surface area contributed by atoms with Crippen LogP contribution in [0.15, 0.2) is 18.2 Å². The second-order valence-corrected chi connectivity index (χ2v) is 5.59. The van der Waals surface area contributed by atoms with Gasteiger partial charge >= 0.3 is 5.69 Å². The fourth-order valence-electron chi connectivity index (χ4n) is 2.57. The number of benzene rings is 1. The molecule has 1 aliphatic rings. The maximum Gasteiger partial charge on any atom is 0.311 e. The van der Waals surface area contributed by atoms with Crippen LogP contribution >= 0.6 is 0 Å². The number of phenolic OH excluding ortho intramolecular Hbond substituents is 1. The van der Waals surface area contributed by atoms with E-state index in [1.807, 2.05) is 14.1 Å². The molecule has 1 fully saturated rings. The molecule has 0 unspecified atom stereocenters. The van der Waals surface area contributed by atoms with Gasteiger partial charge in [0, 0.05) is 18.2 Å². The van der Waals surface area contributed by atoms with Crippen molar-refractivity contribution in [2.24, 2.45) is 0 Å². The van der Waals surface area contributed by atoms with Crippen molar-refractivity contribution in [3.63, 3.8) is 0 Å². The van der Waals surface area contributed by atoms with E-state index in [0.29, 0.717) is 6.54 Å². The van der Waals surface area contributed by atoms with Gasteiger partial charge in [0.25, 0.3) is 5.91 Å². The molecule has 1 aromatic rings. The van der Waals surface area contributed by atoms with E-state index < -0.39 is 22.3 Å². The van der Waals surface area contributed by atoms with E-state index in [4.69, 9.17) is 0 Å². The van der Waals surface area contributed by atoms with E-state index >= 15 is 0 Å². The Morgan fingerprint density at radius 3 is 2.62 bits per heavy atom. The summed E-state index contributed by atoms with van der Waals surface area (Å²) in [5.41, 5.74) is -0.586. The van der Waals surface area contributed by atoms with Crippen LogP contribution in [0.1, 0.15) is 29.6 Å². The van der Waals surface area contributed by atoms with Crippen molar-refractivity contribution in [3.8, 4) is 5.75 Å². The Morgan fingerprint density at radius 2 is 2.14 bits per heavy atom. The van der Waals surface area contributed by atoms with E-state index in [2.05, 4.69) is 10.2 Å². The number of carbonyl (C=O) groups is 1. The number of carbonyl (C=O) groups excluding carboxylic acids is 1. The molecule has 7 heteroatoms. The highest BCUT2D eigenvalue weighted by molar-refractivity contribution is 5.98. The van der Waals surface area contributed by atoms with Gasteiger partial charge in [-0.2, -0.15) is 0 Å². The smallest absolute Gasteiger partial charge is 0.311 e. The number of likely N-dealkylation sites (N-methyl/N-ethyl adjacent to an activating group) is 1. The summed E-state index contributed by atoms with van der Waals surface area (Å²) in [6, 6.07) is 3.93. The van der Waals surface area contributed by atoms with Crippen molar-refractivity contribution >= 4 is 11.6 Å². The lowest BCUT2D eigenvalue weighted by atomic mass is 9.75. The average molecular weight is 293 g/mol. The summed E-state index contributed by atoms with van der Waals surface area (Å²) < 4.78 is 0. The fourth-order valence-corrected chi connectivity index (χ4v) is 2.57. The lowest BCUT2D eigenvalue weighted by Crippen LogP contribution is -2.57. The van der Waals surface area contributed by atoms with E-state index in [1.54, 1.807) is 0 Å². The van der Waals surface area contributed by atoms with Crippen molar-refractivity contribution < 1.29 is 14.8 Å². The molecule has 0 bridgehead atoms. The number of aromatic hydroxyl groups is 1. The molecule has 0 radical (unpaired) electrons. The van der Waals surface area contributed by atoms with Gasteiger partial charge in [0.15, 0.2) is 0 Å². The molecule has 1 aromatic carbocycles. The van der Waals surface area contributed by atoms with Crippen LogP contribution in [0.2, 0.25) is 0 Å². The monoisotopic (exact) mass is 293 g/mol. The van der Waals surface area contributed by atoms with Crippen LogP contribution in [0, 0.1) is 10.1 Å². The summed E-state index contributed by atoms with van der Waals surface area (Å²) in [7, 11) is 3.94. The number of nitro groups is 1. The Bertz CT molecular complexity index is 567. The van der Waals surface area contributed by atoms with Crippen LogP contribution in [-0.2, 0) is 0 Å². The average Bonchev–Trinajstić information content (AvgIpc) is 2.36. The zero-order valence-electron chi connectivity index (χ0n) is 12.1. The van der Waals surface area contributed by atoms with Crippen LogP contribution in [0.3, 0.4) is 0 Å². The molecule has 21 heavy (non-hydrogen) atoms. The maximum absolute atomic E-state index is 12.1. The quantitative estimate of drug-likeness (QED) is 0.634. The first-order valence-corrected chi connectivity index (χ1v) is 6.79. The summed E-state index contributed by atoms with van der Waals surface area (Å²) in [5, 5.41) is 23.4. The number of hydrogen-bond donors (Lipinski definition) is 2. The van der Waals surface area contributed by atoms with E-state index in [9.17, 15) is 20.0 Å². The van der Waals surface area contributed by atoms with Gasteiger partial charge in [-0.05, 0) is 39.4 Å². The highest BCUT2D eigenvalue weighted by Gasteiger charge is 2.39. The molecule has 0 atom stereocenters. The molecule has 114 valence electrons. The molecule has 1 aliphatic carbocycles. The van der Waals surface area contributed by atoms with Crippen molar-refractivity contribution in [1.29, 1.82) is 0 Å². The third-order valence-corrected chi connectivity index (χ3v) is 4.27. The lowest BCUT2D eigenvalue weighted by Gasteiger charge is -2.47. The minimum Gasteiger partial charge on any atom is -0.502 e. The summed E-state index contributed by atoms with van der Waals surface area (Å²) in [6.07, 6.45) is 3.12. The minimum atomic E-state index is -0.709. The number of amides is 1. The summed E-state index contributed by atoms with van der Waals surface area (Å²) in [4.78, 5) is 24.3. The molecule has 1 saturated carbocycles. The summed E-state index contributed by atoms with van der Waals surface area (Å²) in [6.45, 7) is 0.459. The Hall–Kier alpha value is -2.15. The van der Waals surface area contributed by atoms with Crippen LogP contribution < -0.4 is 5.32 Å². The third kappa shape index (κ3) is 2.82. The molecule has 0 aromatic heterocycles. The maximum atomic E-state index is 12.1. The van der Waals surface area contributed by atoms with Crippen LogP contribution in [0.5, 0.6) is 5.75 Å². The highest BCUT2D eigenvalue weighted by Crippen LogP contribution is 2.35. The zero-order chi connectivity index (χ0) is 15.6. The van der Waals surface area contributed by atoms with Crippen molar-refractivity contribution in [1.82, 2.24) is 10.2 Å². The summed E-state index contributed by atoms with van der Waals surface area (Å²) >= 11 is 0. The number of nitrogens with one attached hydrogen (secondary N) is 1. The Morgan fingerprint density at radius 1 is 1.48 bits per heavy atom. The first-order valence-electron chi connectivity index (χ1n) is 6.79. The largest absolute Gasteiger partial charge is 0.502 e. The Balaban J connectivity index is 2.11. The molecule has 2 rings (SSSR count).